The number of hydrogen-bond acceptors (Lipinski definition) is 1. The minimum Gasteiger partial charge on any atom is -0.340 e. The van der Waals surface area contributed by atoms with Crippen LogP contribution in [0.3, 0.4) is 0 Å². The largest absolute Gasteiger partial charge is 0.340 e. The number of likely N-dealkylation sites (tertiary alicyclic amines) is 1. The average Bonchev–Trinajstić information content (AvgIpc) is 2.69. The fourth-order valence-electron chi connectivity index (χ4n) is 2.36. The molecular formula is C13H16FNO. The number of carbonyl (C=O) groups is 1. The van der Waals surface area contributed by atoms with E-state index in [1.807, 2.05) is 4.90 Å². The lowest BCUT2D eigenvalue weighted by molar-refractivity contribution is -0.129. The van der Waals surface area contributed by atoms with E-state index < -0.39 is 0 Å². The van der Waals surface area contributed by atoms with Crippen LogP contribution >= 0.6 is 0 Å². The second kappa shape index (κ2) is 4.64. The van der Waals surface area contributed by atoms with Gasteiger partial charge in [-0.05, 0) is 37.0 Å². The van der Waals surface area contributed by atoms with Gasteiger partial charge in [0, 0.05) is 19.5 Å². The molecule has 1 aliphatic rings. The van der Waals surface area contributed by atoms with Crippen LogP contribution < -0.4 is 0 Å². The molecule has 16 heavy (non-hydrogen) atoms. The summed E-state index contributed by atoms with van der Waals surface area (Å²) >= 11 is 0. The van der Waals surface area contributed by atoms with E-state index in [1.165, 1.54) is 12.1 Å². The Bertz CT molecular complexity index is 374. The number of hydrogen-bond donors (Lipinski definition) is 0. The van der Waals surface area contributed by atoms with Gasteiger partial charge in [0.1, 0.15) is 5.82 Å². The molecule has 0 aliphatic carbocycles. The molecule has 1 saturated heterocycles. The van der Waals surface area contributed by atoms with Gasteiger partial charge < -0.3 is 4.90 Å². The van der Waals surface area contributed by atoms with Gasteiger partial charge in [0.25, 0.3) is 0 Å². The molecule has 0 spiro atoms. The lowest BCUT2D eigenvalue weighted by atomic mass is 10.0. The van der Waals surface area contributed by atoms with E-state index in [1.54, 1.807) is 19.1 Å². The number of halogens is 1. The summed E-state index contributed by atoms with van der Waals surface area (Å²) in [6.07, 6.45) is 2.96. The molecule has 0 aromatic heterocycles. The minimum atomic E-state index is -0.210. The minimum absolute atomic E-state index is 0.143. The predicted octanol–water partition coefficient (Wildman–Crippen LogP) is 2.38. The Labute approximate surface area is 95.1 Å². The van der Waals surface area contributed by atoms with Crippen LogP contribution in [0.1, 0.15) is 25.3 Å². The van der Waals surface area contributed by atoms with Crippen LogP contribution in [0.25, 0.3) is 0 Å². The molecule has 1 unspecified atom stereocenters. The quantitative estimate of drug-likeness (QED) is 0.750. The molecule has 0 saturated carbocycles. The third-order valence-electron chi connectivity index (χ3n) is 3.17. The molecule has 1 fully saturated rings. The standard InChI is InChI=1S/C13H16FNO/c1-10(16)15-8-2-3-13(15)9-11-4-6-12(14)7-5-11/h4-7,13H,2-3,8-9H2,1H3. The molecule has 86 valence electrons. The second-order valence-corrected chi connectivity index (χ2v) is 4.34. The Hall–Kier alpha value is -1.38. The summed E-state index contributed by atoms with van der Waals surface area (Å²) in [5, 5.41) is 0. The molecule has 2 rings (SSSR count). The average molecular weight is 221 g/mol. The van der Waals surface area contributed by atoms with Crippen LogP contribution in [0.5, 0.6) is 0 Å². The lowest BCUT2D eigenvalue weighted by Gasteiger charge is -2.23. The highest BCUT2D eigenvalue weighted by Gasteiger charge is 2.26. The lowest BCUT2D eigenvalue weighted by Crippen LogP contribution is -2.34. The van der Waals surface area contributed by atoms with Gasteiger partial charge in [0.05, 0.1) is 0 Å². The molecule has 0 N–H and O–H groups in total. The molecule has 0 radical (unpaired) electrons. The molecule has 1 heterocycles. The van der Waals surface area contributed by atoms with E-state index in [4.69, 9.17) is 0 Å². The summed E-state index contributed by atoms with van der Waals surface area (Å²) in [7, 11) is 0. The van der Waals surface area contributed by atoms with E-state index in [9.17, 15) is 9.18 Å². The maximum Gasteiger partial charge on any atom is 0.219 e. The molecule has 3 heteroatoms. The zero-order valence-electron chi connectivity index (χ0n) is 9.45. The predicted molar refractivity (Wildman–Crippen MR) is 60.5 cm³/mol. The highest BCUT2D eigenvalue weighted by Crippen LogP contribution is 2.21. The topological polar surface area (TPSA) is 20.3 Å². The van der Waals surface area contributed by atoms with Crippen LogP contribution in [-0.4, -0.2) is 23.4 Å². The van der Waals surface area contributed by atoms with E-state index in [0.29, 0.717) is 6.04 Å². The van der Waals surface area contributed by atoms with Crippen molar-refractivity contribution >= 4 is 5.91 Å². The first-order chi connectivity index (χ1) is 7.66. The number of carbonyl (C=O) groups excluding carboxylic acids is 1. The number of rotatable bonds is 2. The maximum absolute atomic E-state index is 12.7. The first-order valence-corrected chi connectivity index (χ1v) is 5.68. The summed E-state index contributed by atoms with van der Waals surface area (Å²) in [6.45, 7) is 2.48. The Balaban J connectivity index is 2.03. The van der Waals surface area contributed by atoms with Crippen molar-refractivity contribution in [3.8, 4) is 0 Å². The number of benzene rings is 1. The highest BCUT2D eigenvalue weighted by molar-refractivity contribution is 5.73. The van der Waals surface area contributed by atoms with E-state index in [2.05, 4.69) is 0 Å². The van der Waals surface area contributed by atoms with E-state index >= 15 is 0 Å². The Morgan fingerprint density at radius 1 is 1.44 bits per heavy atom. The summed E-state index contributed by atoms with van der Waals surface area (Å²) in [4.78, 5) is 13.3. The SMILES string of the molecule is CC(=O)N1CCCC1Cc1ccc(F)cc1. The van der Waals surface area contributed by atoms with Gasteiger partial charge in [-0.3, -0.25) is 4.79 Å². The molecule has 1 aromatic rings. The highest BCUT2D eigenvalue weighted by atomic mass is 19.1. The monoisotopic (exact) mass is 221 g/mol. The summed E-state index contributed by atoms with van der Waals surface area (Å²) in [5.74, 6) is -0.0665. The Kier molecular flexibility index (Phi) is 3.22. The van der Waals surface area contributed by atoms with Crippen LogP contribution in [0.4, 0.5) is 4.39 Å². The van der Waals surface area contributed by atoms with Gasteiger partial charge in [-0.2, -0.15) is 0 Å². The molecule has 1 aromatic carbocycles. The normalized spacial score (nSPS) is 20.1. The molecule has 1 aliphatic heterocycles. The van der Waals surface area contributed by atoms with Crippen molar-refractivity contribution in [2.24, 2.45) is 0 Å². The number of nitrogens with zero attached hydrogens (tertiary/aromatic N) is 1. The number of amides is 1. The molecule has 0 bridgehead atoms. The van der Waals surface area contributed by atoms with Gasteiger partial charge in [-0.1, -0.05) is 12.1 Å². The Morgan fingerprint density at radius 3 is 2.75 bits per heavy atom. The second-order valence-electron chi connectivity index (χ2n) is 4.34. The fraction of sp³-hybridized carbons (Fsp3) is 0.462. The zero-order chi connectivity index (χ0) is 11.5. The fourth-order valence-corrected chi connectivity index (χ4v) is 2.36. The third kappa shape index (κ3) is 2.40. The summed E-state index contributed by atoms with van der Waals surface area (Å²) in [6, 6.07) is 6.84. The van der Waals surface area contributed by atoms with Crippen molar-refractivity contribution < 1.29 is 9.18 Å². The Morgan fingerprint density at radius 2 is 2.12 bits per heavy atom. The van der Waals surface area contributed by atoms with Crippen molar-refractivity contribution in [2.75, 3.05) is 6.54 Å². The van der Waals surface area contributed by atoms with Crippen molar-refractivity contribution in [2.45, 2.75) is 32.2 Å². The first kappa shape index (κ1) is 11.1. The van der Waals surface area contributed by atoms with Crippen LogP contribution in [0, 0.1) is 5.82 Å². The molecule has 2 nitrogen and oxygen atoms in total. The molecule has 1 amide bonds. The van der Waals surface area contributed by atoms with Gasteiger partial charge in [-0.15, -0.1) is 0 Å². The van der Waals surface area contributed by atoms with Crippen molar-refractivity contribution in [3.05, 3.63) is 35.6 Å². The van der Waals surface area contributed by atoms with Crippen molar-refractivity contribution in [1.29, 1.82) is 0 Å². The van der Waals surface area contributed by atoms with E-state index in [0.717, 1.165) is 31.4 Å². The van der Waals surface area contributed by atoms with Gasteiger partial charge in [0.15, 0.2) is 0 Å². The van der Waals surface area contributed by atoms with Crippen LogP contribution in [-0.2, 0) is 11.2 Å². The third-order valence-corrected chi connectivity index (χ3v) is 3.17. The van der Waals surface area contributed by atoms with Crippen molar-refractivity contribution in [3.63, 3.8) is 0 Å². The van der Waals surface area contributed by atoms with Gasteiger partial charge in [-0.25, -0.2) is 4.39 Å². The molecule has 1 atom stereocenters. The maximum atomic E-state index is 12.7. The molecular weight excluding hydrogens is 205 g/mol. The smallest absolute Gasteiger partial charge is 0.219 e. The van der Waals surface area contributed by atoms with Crippen LogP contribution in [0.15, 0.2) is 24.3 Å². The summed E-state index contributed by atoms with van der Waals surface area (Å²) in [5.41, 5.74) is 1.10. The van der Waals surface area contributed by atoms with Gasteiger partial charge >= 0.3 is 0 Å². The zero-order valence-corrected chi connectivity index (χ0v) is 9.45. The van der Waals surface area contributed by atoms with Crippen LogP contribution in [0.2, 0.25) is 0 Å². The van der Waals surface area contributed by atoms with Crippen molar-refractivity contribution in [1.82, 2.24) is 4.90 Å². The summed E-state index contributed by atoms with van der Waals surface area (Å²) < 4.78 is 12.7. The first-order valence-electron chi connectivity index (χ1n) is 5.68. The van der Waals surface area contributed by atoms with Gasteiger partial charge in [0.2, 0.25) is 5.91 Å². The van der Waals surface area contributed by atoms with E-state index in [-0.39, 0.29) is 11.7 Å².